The van der Waals surface area contributed by atoms with Crippen molar-refractivity contribution in [2.45, 2.75) is 88.6 Å². The SMILES string of the molecule is CC[C@@H](Oc1ccc(C(=O)NS(=O)(=O)N2CCC(OC3CCN(C)CC3)CC2)cc1C(F)(F)F)c1ccc(OC2CC(OC)C2)cn1. The Hall–Kier alpha value is -2.98. The Labute approximate surface area is 273 Å². The van der Waals surface area contributed by atoms with Gasteiger partial charge in [0, 0.05) is 51.7 Å². The van der Waals surface area contributed by atoms with Gasteiger partial charge in [-0.2, -0.15) is 25.9 Å². The number of aromatic nitrogens is 1. The predicted octanol–water partition coefficient (Wildman–Crippen LogP) is 4.74. The van der Waals surface area contributed by atoms with Gasteiger partial charge in [-0.05, 0) is 69.5 Å². The van der Waals surface area contributed by atoms with Gasteiger partial charge in [0.05, 0.1) is 35.8 Å². The molecule has 1 atom stereocenters. The topological polar surface area (TPSA) is 120 Å². The van der Waals surface area contributed by atoms with Gasteiger partial charge < -0.3 is 23.8 Å². The minimum Gasteiger partial charge on any atom is -0.489 e. The van der Waals surface area contributed by atoms with Crippen LogP contribution in [0.25, 0.3) is 0 Å². The third-order valence-electron chi connectivity index (χ3n) is 8.98. The maximum absolute atomic E-state index is 14.2. The van der Waals surface area contributed by atoms with E-state index in [1.165, 1.54) is 6.20 Å². The van der Waals surface area contributed by atoms with Crippen molar-refractivity contribution in [3.63, 3.8) is 0 Å². The Bertz CT molecular complexity index is 1460. The van der Waals surface area contributed by atoms with E-state index >= 15 is 0 Å². The zero-order valence-electron chi connectivity index (χ0n) is 26.9. The molecule has 260 valence electrons. The maximum Gasteiger partial charge on any atom is 0.419 e. The fourth-order valence-corrected chi connectivity index (χ4v) is 7.17. The van der Waals surface area contributed by atoms with Gasteiger partial charge in [-0.1, -0.05) is 6.92 Å². The zero-order valence-corrected chi connectivity index (χ0v) is 27.7. The van der Waals surface area contributed by atoms with E-state index in [1.54, 1.807) is 26.2 Å². The lowest BCUT2D eigenvalue weighted by Crippen LogP contribution is -2.48. The molecule has 1 aromatic heterocycles. The number of piperidine rings is 2. The molecular formula is C32H43F3N4O7S. The number of carbonyl (C=O) groups excluding carboxylic acids is 1. The van der Waals surface area contributed by atoms with Crippen LogP contribution in [0, 0.1) is 0 Å². The summed E-state index contributed by atoms with van der Waals surface area (Å²) in [4.78, 5) is 19.5. The molecule has 2 aliphatic heterocycles. The number of methoxy groups -OCH3 is 1. The first kappa shape index (κ1) is 35.3. The minimum atomic E-state index is -4.88. The lowest BCUT2D eigenvalue weighted by molar-refractivity contribution is -0.139. The van der Waals surface area contributed by atoms with Crippen LogP contribution in [0.3, 0.4) is 0 Å². The highest BCUT2D eigenvalue weighted by molar-refractivity contribution is 7.87. The molecule has 1 saturated carbocycles. The van der Waals surface area contributed by atoms with Gasteiger partial charge in [-0.25, -0.2) is 4.72 Å². The van der Waals surface area contributed by atoms with Gasteiger partial charge >= 0.3 is 16.4 Å². The lowest BCUT2D eigenvalue weighted by atomic mass is 9.92. The van der Waals surface area contributed by atoms with Crippen LogP contribution in [0.5, 0.6) is 11.5 Å². The van der Waals surface area contributed by atoms with E-state index in [0.29, 0.717) is 36.8 Å². The highest BCUT2D eigenvalue weighted by Crippen LogP contribution is 2.39. The molecular weight excluding hydrogens is 641 g/mol. The summed E-state index contributed by atoms with van der Waals surface area (Å²) < 4.78 is 94.6. The van der Waals surface area contributed by atoms with Gasteiger partial charge in [0.2, 0.25) is 0 Å². The molecule has 1 aromatic carbocycles. The third kappa shape index (κ3) is 9.13. The largest absolute Gasteiger partial charge is 0.489 e. The van der Waals surface area contributed by atoms with Crippen LogP contribution in [0.2, 0.25) is 0 Å². The molecule has 2 saturated heterocycles. The summed E-state index contributed by atoms with van der Waals surface area (Å²) in [6, 6.07) is 6.07. The molecule has 1 N–H and O–H groups in total. The van der Waals surface area contributed by atoms with Crippen LogP contribution in [-0.4, -0.2) is 93.3 Å². The third-order valence-corrected chi connectivity index (χ3v) is 10.5. The Morgan fingerprint density at radius 1 is 1.00 bits per heavy atom. The maximum atomic E-state index is 14.2. The van der Waals surface area contributed by atoms with Crippen molar-refractivity contribution in [3.05, 3.63) is 53.3 Å². The molecule has 3 fully saturated rings. The number of pyridine rings is 1. The summed E-state index contributed by atoms with van der Waals surface area (Å²) in [7, 11) is -0.581. The van der Waals surface area contributed by atoms with Gasteiger partial charge in [0.25, 0.3) is 5.91 Å². The zero-order chi connectivity index (χ0) is 33.8. The highest BCUT2D eigenvalue weighted by Gasteiger charge is 2.37. The Morgan fingerprint density at radius 3 is 2.23 bits per heavy atom. The Morgan fingerprint density at radius 2 is 1.66 bits per heavy atom. The molecule has 0 bridgehead atoms. The number of hydrogen-bond donors (Lipinski definition) is 1. The number of halogens is 3. The van der Waals surface area contributed by atoms with E-state index in [4.69, 9.17) is 18.9 Å². The van der Waals surface area contributed by atoms with E-state index in [0.717, 1.165) is 55.2 Å². The number of hydrogen-bond acceptors (Lipinski definition) is 9. The normalized spacial score (nSPS) is 22.8. The molecule has 1 amide bonds. The molecule has 2 aromatic rings. The first-order valence-electron chi connectivity index (χ1n) is 16.0. The molecule has 5 rings (SSSR count). The van der Waals surface area contributed by atoms with E-state index < -0.39 is 45.3 Å². The number of rotatable bonds is 12. The molecule has 47 heavy (non-hydrogen) atoms. The first-order chi connectivity index (χ1) is 22.3. The second-order valence-corrected chi connectivity index (χ2v) is 14.1. The minimum absolute atomic E-state index is 0.0199. The molecule has 0 unspecified atom stereocenters. The average molecular weight is 685 g/mol. The first-order valence-corrected chi connectivity index (χ1v) is 17.5. The Balaban J connectivity index is 1.19. The van der Waals surface area contributed by atoms with Gasteiger partial charge in [-0.15, -0.1) is 0 Å². The standard InChI is InChI=1S/C32H43F3N4O7S/c1-4-29(28-7-6-24(20-36-28)45-26-18-25(19-26)43-3)46-30-8-5-21(17-27(30)32(33,34)35)31(40)37-47(41,42)39-15-11-23(12-16-39)44-22-9-13-38(2)14-10-22/h5-8,17,20,22-23,25-26,29H,4,9-16,18-19H2,1-3H3,(H,37,40)/t25?,26?,29-/m1/s1. The van der Waals surface area contributed by atoms with E-state index in [9.17, 15) is 26.4 Å². The average Bonchev–Trinajstić information content (AvgIpc) is 3.02. The summed E-state index contributed by atoms with van der Waals surface area (Å²) in [6.45, 7) is 3.91. The van der Waals surface area contributed by atoms with Gasteiger partial charge in [0.15, 0.2) is 0 Å². The van der Waals surface area contributed by atoms with E-state index in [1.807, 2.05) is 4.72 Å². The number of nitrogens with one attached hydrogen (secondary N) is 1. The predicted molar refractivity (Wildman–Crippen MR) is 166 cm³/mol. The van der Waals surface area contributed by atoms with Gasteiger partial charge in [-0.3, -0.25) is 9.78 Å². The summed E-state index contributed by atoms with van der Waals surface area (Å²) in [5, 5.41) is 0. The summed E-state index contributed by atoms with van der Waals surface area (Å²) in [5.74, 6) is -1.13. The highest BCUT2D eigenvalue weighted by atomic mass is 32.2. The number of alkyl halides is 3. The fraction of sp³-hybridized carbons (Fsp3) is 0.625. The second-order valence-electron chi connectivity index (χ2n) is 12.4. The Kier molecular flexibility index (Phi) is 11.3. The van der Waals surface area contributed by atoms with Crippen LogP contribution < -0.4 is 14.2 Å². The summed E-state index contributed by atoms with van der Waals surface area (Å²) >= 11 is 0. The monoisotopic (exact) mass is 684 g/mol. The number of ether oxygens (including phenoxy) is 4. The fourth-order valence-electron chi connectivity index (χ4n) is 5.99. The quantitative estimate of drug-likeness (QED) is 0.338. The molecule has 0 radical (unpaired) electrons. The van der Waals surface area contributed by atoms with E-state index in [2.05, 4.69) is 16.9 Å². The lowest BCUT2D eigenvalue weighted by Gasteiger charge is -2.35. The number of nitrogens with zero attached hydrogens (tertiary/aromatic N) is 3. The number of amides is 1. The summed E-state index contributed by atoms with van der Waals surface area (Å²) in [5.41, 5.74) is -1.26. The molecule has 3 heterocycles. The van der Waals surface area contributed by atoms with Crippen molar-refractivity contribution in [3.8, 4) is 11.5 Å². The molecule has 0 spiro atoms. The van der Waals surface area contributed by atoms with E-state index in [-0.39, 0.29) is 37.5 Å². The molecule has 11 nitrogen and oxygen atoms in total. The molecule has 15 heteroatoms. The number of likely N-dealkylation sites (tertiary alicyclic amines) is 1. The van der Waals surface area contributed by atoms with Crippen LogP contribution >= 0.6 is 0 Å². The van der Waals surface area contributed by atoms with Crippen molar-refractivity contribution < 1.29 is 45.3 Å². The smallest absolute Gasteiger partial charge is 0.419 e. The molecule has 3 aliphatic rings. The van der Waals surface area contributed by atoms with Crippen LogP contribution in [-0.2, 0) is 25.9 Å². The number of benzene rings is 1. The van der Waals surface area contributed by atoms with Crippen molar-refractivity contribution in [2.24, 2.45) is 0 Å². The van der Waals surface area contributed by atoms with Crippen molar-refractivity contribution in [1.29, 1.82) is 0 Å². The molecule has 1 aliphatic carbocycles. The van der Waals surface area contributed by atoms with Crippen LogP contribution in [0.1, 0.15) is 79.6 Å². The second kappa shape index (κ2) is 15.1. The number of carbonyl (C=O) groups is 1. The van der Waals surface area contributed by atoms with Gasteiger partial charge in [0.1, 0.15) is 23.7 Å². The van der Waals surface area contributed by atoms with Crippen molar-refractivity contribution >= 4 is 16.1 Å². The van der Waals surface area contributed by atoms with Crippen molar-refractivity contribution in [1.82, 2.24) is 18.9 Å². The van der Waals surface area contributed by atoms with Crippen molar-refractivity contribution in [2.75, 3.05) is 40.3 Å². The van der Waals surface area contributed by atoms with Crippen LogP contribution in [0.4, 0.5) is 13.2 Å². The summed E-state index contributed by atoms with van der Waals surface area (Å²) in [6.07, 6.45) is 0.661. The van der Waals surface area contributed by atoms with Crippen LogP contribution in [0.15, 0.2) is 36.5 Å².